The summed E-state index contributed by atoms with van der Waals surface area (Å²) in [4.78, 5) is 18.5. The Morgan fingerprint density at radius 3 is 2.68 bits per heavy atom. The Bertz CT molecular complexity index is 920. The van der Waals surface area contributed by atoms with Crippen LogP contribution < -0.4 is 15.4 Å². The van der Waals surface area contributed by atoms with E-state index in [0.717, 1.165) is 37.2 Å². The van der Waals surface area contributed by atoms with Gasteiger partial charge in [-0.2, -0.15) is 0 Å². The van der Waals surface area contributed by atoms with Crippen molar-refractivity contribution < 1.29 is 9.53 Å². The summed E-state index contributed by atoms with van der Waals surface area (Å²) in [6.45, 7) is 2.42. The van der Waals surface area contributed by atoms with Crippen molar-refractivity contribution in [2.75, 3.05) is 18.4 Å². The third-order valence-corrected chi connectivity index (χ3v) is 5.96. The van der Waals surface area contributed by atoms with Gasteiger partial charge >= 0.3 is 0 Å². The maximum Gasteiger partial charge on any atom is 0.257 e. The normalized spacial score (nSPS) is 14.6. The van der Waals surface area contributed by atoms with Crippen molar-refractivity contribution in [1.82, 2.24) is 10.3 Å². The lowest BCUT2D eigenvalue weighted by molar-refractivity contribution is 0.102. The third-order valence-electron chi connectivity index (χ3n) is 4.89. The van der Waals surface area contributed by atoms with Gasteiger partial charge in [-0.25, -0.2) is 4.98 Å². The lowest BCUT2D eigenvalue weighted by Gasteiger charge is -2.20. The van der Waals surface area contributed by atoms with Crippen LogP contribution in [0.25, 0.3) is 0 Å². The molecule has 5 nitrogen and oxygen atoms in total. The average Bonchev–Trinajstić information content (AvgIpc) is 3.22. The van der Waals surface area contributed by atoms with Gasteiger partial charge in [0.1, 0.15) is 12.4 Å². The van der Waals surface area contributed by atoms with Gasteiger partial charge in [-0.3, -0.25) is 10.1 Å². The zero-order valence-electron chi connectivity index (χ0n) is 15.6. The molecule has 2 N–H and O–H groups in total. The molecule has 0 atom stereocenters. The standard InChI is InChI=1S/C22H23N3O2S/c26-21(25-22-24-14-20(28-22)16-10-12-23-13-11-16)19-9-5-4-6-17(19)15-27-18-7-2-1-3-8-18/h1-9,14,16,23H,10-13,15H2,(H,24,25,26). The quantitative estimate of drug-likeness (QED) is 0.650. The molecule has 1 aromatic heterocycles. The highest BCUT2D eigenvalue weighted by atomic mass is 32.1. The third kappa shape index (κ3) is 4.58. The first-order chi connectivity index (χ1) is 13.8. The number of hydrogen-bond donors (Lipinski definition) is 2. The zero-order chi connectivity index (χ0) is 19.2. The molecule has 1 fully saturated rings. The molecule has 1 saturated heterocycles. The van der Waals surface area contributed by atoms with Crippen molar-refractivity contribution in [3.63, 3.8) is 0 Å². The minimum Gasteiger partial charge on any atom is -0.489 e. The first-order valence-corrected chi connectivity index (χ1v) is 10.3. The largest absolute Gasteiger partial charge is 0.489 e. The Kier molecular flexibility index (Phi) is 5.99. The molecule has 28 heavy (non-hydrogen) atoms. The number of piperidine rings is 1. The van der Waals surface area contributed by atoms with Crippen LogP contribution in [0.1, 0.15) is 39.6 Å². The van der Waals surface area contributed by atoms with Gasteiger partial charge in [-0.1, -0.05) is 36.4 Å². The zero-order valence-corrected chi connectivity index (χ0v) is 16.4. The molecule has 1 aliphatic rings. The van der Waals surface area contributed by atoms with Crippen molar-refractivity contribution in [2.45, 2.75) is 25.4 Å². The fraction of sp³-hybridized carbons (Fsp3) is 0.273. The summed E-state index contributed by atoms with van der Waals surface area (Å²) in [6, 6.07) is 17.1. The minimum absolute atomic E-state index is 0.154. The number of hydrogen-bond acceptors (Lipinski definition) is 5. The van der Waals surface area contributed by atoms with Gasteiger partial charge in [-0.15, -0.1) is 11.3 Å². The van der Waals surface area contributed by atoms with E-state index < -0.39 is 0 Å². The van der Waals surface area contributed by atoms with Crippen LogP contribution in [0.5, 0.6) is 5.75 Å². The van der Waals surface area contributed by atoms with Crippen LogP contribution in [0.15, 0.2) is 60.8 Å². The highest BCUT2D eigenvalue weighted by molar-refractivity contribution is 7.15. The van der Waals surface area contributed by atoms with E-state index in [9.17, 15) is 4.79 Å². The number of amides is 1. The van der Waals surface area contributed by atoms with Crippen LogP contribution in [0.3, 0.4) is 0 Å². The second kappa shape index (κ2) is 8.99. The van der Waals surface area contributed by atoms with Gasteiger partial charge in [0, 0.05) is 22.2 Å². The minimum atomic E-state index is -0.154. The Balaban J connectivity index is 1.43. The fourth-order valence-electron chi connectivity index (χ4n) is 3.35. The summed E-state index contributed by atoms with van der Waals surface area (Å²) in [6.07, 6.45) is 4.14. The summed E-state index contributed by atoms with van der Waals surface area (Å²) in [5, 5.41) is 6.98. The molecule has 2 aromatic carbocycles. The van der Waals surface area contributed by atoms with E-state index in [0.29, 0.717) is 23.2 Å². The number of ether oxygens (including phenoxy) is 1. The van der Waals surface area contributed by atoms with Crippen molar-refractivity contribution in [3.05, 3.63) is 76.8 Å². The summed E-state index contributed by atoms with van der Waals surface area (Å²) >= 11 is 1.58. The molecule has 0 radical (unpaired) electrons. The number of carbonyl (C=O) groups excluding carboxylic acids is 1. The molecular formula is C22H23N3O2S. The molecule has 6 heteroatoms. The van der Waals surface area contributed by atoms with E-state index in [1.807, 2.05) is 60.8 Å². The molecule has 144 valence electrons. The van der Waals surface area contributed by atoms with Crippen LogP contribution in [0.4, 0.5) is 5.13 Å². The number of aromatic nitrogens is 1. The Morgan fingerprint density at radius 1 is 1.11 bits per heavy atom. The highest BCUT2D eigenvalue weighted by Crippen LogP contribution is 2.32. The summed E-state index contributed by atoms with van der Waals surface area (Å²) < 4.78 is 5.82. The van der Waals surface area contributed by atoms with Crippen molar-refractivity contribution in [3.8, 4) is 5.75 Å². The predicted octanol–water partition coefficient (Wildman–Crippen LogP) is 4.44. The van der Waals surface area contributed by atoms with Crippen LogP contribution in [-0.4, -0.2) is 24.0 Å². The van der Waals surface area contributed by atoms with Crippen LogP contribution in [0.2, 0.25) is 0 Å². The number of nitrogens with one attached hydrogen (secondary N) is 2. The molecule has 0 unspecified atom stereocenters. The smallest absolute Gasteiger partial charge is 0.257 e. The van der Waals surface area contributed by atoms with Crippen molar-refractivity contribution in [1.29, 1.82) is 0 Å². The molecule has 1 aliphatic heterocycles. The first kappa shape index (κ1) is 18.7. The predicted molar refractivity (Wildman–Crippen MR) is 112 cm³/mol. The lowest BCUT2D eigenvalue weighted by atomic mass is 9.97. The number of nitrogens with zero attached hydrogens (tertiary/aromatic N) is 1. The van der Waals surface area contributed by atoms with Gasteiger partial charge < -0.3 is 10.1 Å². The number of carbonyl (C=O) groups is 1. The van der Waals surface area contributed by atoms with E-state index in [1.165, 1.54) is 4.88 Å². The molecule has 0 saturated carbocycles. The Hall–Kier alpha value is -2.70. The Morgan fingerprint density at radius 2 is 1.86 bits per heavy atom. The first-order valence-electron chi connectivity index (χ1n) is 9.53. The van der Waals surface area contributed by atoms with Crippen LogP contribution in [-0.2, 0) is 6.61 Å². The second-order valence-corrected chi connectivity index (χ2v) is 7.87. The number of para-hydroxylation sites is 1. The number of thiazole rings is 1. The molecule has 3 aromatic rings. The molecule has 4 rings (SSSR count). The Labute approximate surface area is 168 Å². The summed E-state index contributed by atoms with van der Waals surface area (Å²) in [7, 11) is 0. The molecule has 1 amide bonds. The number of rotatable bonds is 6. The van der Waals surface area contributed by atoms with Gasteiger partial charge in [0.25, 0.3) is 5.91 Å². The van der Waals surface area contributed by atoms with E-state index >= 15 is 0 Å². The van der Waals surface area contributed by atoms with Crippen LogP contribution in [0, 0.1) is 0 Å². The van der Waals surface area contributed by atoms with E-state index in [4.69, 9.17) is 4.74 Å². The highest BCUT2D eigenvalue weighted by Gasteiger charge is 2.19. The second-order valence-electron chi connectivity index (χ2n) is 6.81. The van der Waals surface area contributed by atoms with E-state index in [-0.39, 0.29) is 5.91 Å². The van der Waals surface area contributed by atoms with E-state index in [2.05, 4.69) is 15.6 Å². The van der Waals surface area contributed by atoms with Gasteiger partial charge in [-0.05, 0) is 50.0 Å². The maximum atomic E-state index is 12.8. The molecule has 0 spiro atoms. The monoisotopic (exact) mass is 393 g/mol. The van der Waals surface area contributed by atoms with Crippen molar-refractivity contribution >= 4 is 22.4 Å². The molecule has 0 bridgehead atoms. The SMILES string of the molecule is O=C(Nc1ncc(C2CCNCC2)s1)c1ccccc1COc1ccccc1. The summed E-state index contributed by atoms with van der Waals surface area (Å²) in [5.74, 6) is 1.17. The van der Waals surface area contributed by atoms with Gasteiger partial charge in [0.2, 0.25) is 0 Å². The van der Waals surface area contributed by atoms with Crippen LogP contribution >= 0.6 is 11.3 Å². The average molecular weight is 394 g/mol. The number of benzene rings is 2. The number of anilines is 1. The van der Waals surface area contributed by atoms with Gasteiger partial charge in [0.05, 0.1) is 0 Å². The van der Waals surface area contributed by atoms with Crippen molar-refractivity contribution in [2.24, 2.45) is 0 Å². The molecular weight excluding hydrogens is 370 g/mol. The lowest BCUT2D eigenvalue weighted by Crippen LogP contribution is -2.26. The van der Waals surface area contributed by atoms with E-state index in [1.54, 1.807) is 11.3 Å². The molecule has 0 aliphatic carbocycles. The summed E-state index contributed by atoms with van der Waals surface area (Å²) in [5.41, 5.74) is 1.45. The molecule has 2 heterocycles. The van der Waals surface area contributed by atoms with Gasteiger partial charge in [0.15, 0.2) is 5.13 Å². The maximum absolute atomic E-state index is 12.8. The fourth-order valence-corrected chi connectivity index (χ4v) is 4.33. The topological polar surface area (TPSA) is 63.2 Å².